The molecule has 0 aliphatic rings. The molecule has 1 unspecified atom stereocenters. The molecule has 4 nitrogen and oxygen atoms in total. The molecule has 0 spiro atoms. The van der Waals surface area contributed by atoms with Gasteiger partial charge in [-0.1, -0.05) is 6.92 Å². The van der Waals surface area contributed by atoms with Gasteiger partial charge in [0, 0.05) is 19.7 Å². The number of rotatable bonds is 5. The molecule has 0 aliphatic heterocycles. The van der Waals surface area contributed by atoms with Gasteiger partial charge in [-0.05, 0) is 18.1 Å². The molecule has 94 valence electrons. The van der Waals surface area contributed by atoms with E-state index in [0.29, 0.717) is 13.2 Å². The van der Waals surface area contributed by atoms with Gasteiger partial charge in [0.15, 0.2) is 0 Å². The Morgan fingerprint density at radius 2 is 2.29 bits per heavy atom. The fraction of sp³-hybridized carbons (Fsp3) is 0.417. The molecule has 1 aromatic rings. The lowest BCUT2D eigenvalue weighted by Crippen LogP contribution is -2.29. The molecule has 0 saturated heterocycles. The summed E-state index contributed by atoms with van der Waals surface area (Å²) in [6.07, 6.45) is 0. The van der Waals surface area contributed by atoms with Gasteiger partial charge in [-0.2, -0.15) is 0 Å². The summed E-state index contributed by atoms with van der Waals surface area (Å²) >= 11 is 0. The number of hydrogen-bond donors (Lipinski definition) is 2. The highest BCUT2D eigenvalue weighted by Gasteiger charge is 2.12. The standard InChI is InChI=1S/C12H16FNO3/c1-8(7-17-2)6-14-12(16)10-4-3-9(13)5-11(10)15/h3-5,8,15H,6-7H2,1-2H3,(H,14,16). The van der Waals surface area contributed by atoms with Crippen molar-refractivity contribution in [3.05, 3.63) is 29.6 Å². The summed E-state index contributed by atoms with van der Waals surface area (Å²) in [6, 6.07) is 3.29. The van der Waals surface area contributed by atoms with Crippen LogP contribution in [0.3, 0.4) is 0 Å². The molecule has 1 atom stereocenters. The van der Waals surface area contributed by atoms with Crippen LogP contribution in [0.15, 0.2) is 18.2 Å². The Morgan fingerprint density at radius 3 is 2.88 bits per heavy atom. The molecule has 17 heavy (non-hydrogen) atoms. The minimum Gasteiger partial charge on any atom is -0.507 e. The first-order chi connectivity index (χ1) is 8.04. The Balaban J connectivity index is 2.58. The molecule has 2 N–H and O–H groups in total. The second-order valence-electron chi connectivity index (χ2n) is 3.93. The fourth-order valence-corrected chi connectivity index (χ4v) is 1.40. The smallest absolute Gasteiger partial charge is 0.255 e. The first-order valence-electron chi connectivity index (χ1n) is 5.30. The van der Waals surface area contributed by atoms with Gasteiger partial charge in [0.25, 0.3) is 5.91 Å². The number of phenols is 1. The molecule has 1 aromatic carbocycles. The van der Waals surface area contributed by atoms with Crippen LogP contribution in [0, 0.1) is 11.7 Å². The first kappa shape index (κ1) is 13.4. The minimum absolute atomic E-state index is 0.0658. The second-order valence-corrected chi connectivity index (χ2v) is 3.93. The number of phenolic OH excluding ortho intramolecular Hbond substituents is 1. The Labute approximate surface area is 99.4 Å². The Bertz CT molecular complexity index is 395. The van der Waals surface area contributed by atoms with Crippen molar-refractivity contribution in [3.8, 4) is 5.75 Å². The maximum atomic E-state index is 12.7. The predicted molar refractivity (Wildman–Crippen MR) is 61.4 cm³/mol. The third-order valence-corrected chi connectivity index (χ3v) is 2.27. The molecule has 5 heteroatoms. The summed E-state index contributed by atoms with van der Waals surface area (Å²) < 4.78 is 17.6. The van der Waals surface area contributed by atoms with E-state index in [1.807, 2.05) is 6.92 Å². The van der Waals surface area contributed by atoms with E-state index in [1.54, 1.807) is 7.11 Å². The van der Waals surface area contributed by atoms with Crippen LogP contribution in [-0.2, 0) is 4.74 Å². The van der Waals surface area contributed by atoms with Gasteiger partial charge >= 0.3 is 0 Å². The van der Waals surface area contributed by atoms with Crippen molar-refractivity contribution in [2.45, 2.75) is 6.92 Å². The number of halogens is 1. The highest BCUT2D eigenvalue weighted by atomic mass is 19.1. The van der Waals surface area contributed by atoms with Crippen molar-refractivity contribution in [3.63, 3.8) is 0 Å². The maximum absolute atomic E-state index is 12.7. The lowest BCUT2D eigenvalue weighted by molar-refractivity contribution is 0.0931. The number of carbonyl (C=O) groups is 1. The zero-order chi connectivity index (χ0) is 12.8. The van der Waals surface area contributed by atoms with Crippen LogP contribution >= 0.6 is 0 Å². The van der Waals surface area contributed by atoms with E-state index in [1.165, 1.54) is 6.07 Å². The molecule has 0 radical (unpaired) electrons. The SMILES string of the molecule is COCC(C)CNC(=O)c1ccc(F)cc1O. The molecule has 1 rings (SSSR count). The van der Waals surface area contributed by atoms with Gasteiger partial charge in [-0.25, -0.2) is 4.39 Å². The maximum Gasteiger partial charge on any atom is 0.255 e. The zero-order valence-electron chi connectivity index (χ0n) is 9.87. The molecule has 0 aliphatic carbocycles. The summed E-state index contributed by atoms with van der Waals surface area (Å²) in [7, 11) is 1.59. The van der Waals surface area contributed by atoms with E-state index in [9.17, 15) is 14.3 Å². The van der Waals surface area contributed by atoms with Gasteiger partial charge in [-0.15, -0.1) is 0 Å². The van der Waals surface area contributed by atoms with Crippen molar-refractivity contribution >= 4 is 5.91 Å². The van der Waals surface area contributed by atoms with Crippen molar-refractivity contribution in [1.82, 2.24) is 5.32 Å². The van der Waals surface area contributed by atoms with E-state index in [2.05, 4.69) is 5.32 Å². The van der Waals surface area contributed by atoms with Crippen LogP contribution in [0.1, 0.15) is 17.3 Å². The van der Waals surface area contributed by atoms with Gasteiger partial charge < -0.3 is 15.2 Å². The molecule has 0 fully saturated rings. The van der Waals surface area contributed by atoms with Crippen LogP contribution in [-0.4, -0.2) is 31.3 Å². The zero-order valence-corrected chi connectivity index (χ0v) is 9.87. The Hall–Kier alpha value is -1.62. The van der Waals surface area contributed by atoms with E-state index < -0.39 is 11.7 Å². The summed E-state index contributed by atoms with van der Waals surface area (Å²) in [5.41, 5.74) is 0.0658. The largest absolute Gasteiger partial charge is 0.507 e. The van der Waals surface area contributed by atoms with Gasteiger partial charge in [0.2, 0.25) is 0 Å². The fourth-order valence-electron chi connectivity index (χ4n) is 1.40. The van der Waals surface area contributed by atoms with E-state index in [4.69, 9.17) is 4.74 Å². The number of nitrogens with one attached hydrogen (secondary N) is 1. The third-order valence-electron chi connectivity index (χ3n) is 2.27. The van der Waals surface area contributed by atoms with Gasteiger partial charge in [0.1, 0.15) is 11.6 Å². The molecular formula is C12H16FNO3. The lowest BCUT2D eigenvalue weighted by Gasteiger charge is -2.12. The molecule has 0 aromatic heterocycles. The number of ether oxygens (including phenoxy) is 1. The number of hydrogen-bond acceptors (Lipinski definition) is 3. The summed E-state index contributed by atoms with van der Waals surface area (Å²) in [5, 5.41) is 12.0. The Kier molecular flexibility index (Phi) is 4.90. The van der Waals surface area contributed by atoms with Crippen LogP contribution in [0.2, 0.25) is 0 Å². The summed E-state index contributed by atoms with van der Waals surface area (Å²) in [4.78, 5) is 11.7. The predicted octanol–water partition coefficient (Wildman–Crippen LogP) is 1.54. The number of benzene rings is 1. The van der Waals surface area contributed by atoms with Crippen molar-refractivity contribution < 1.29 is 19.0 Å². The molecule has 0 saturated carbocycles. The number of methoxy groups -OCH3 is 1. The van der Waals surface area contributed by atoms with Gasteiger partial charge in [0.05, 0.1) is 12.2 Å². The van der Waals surface area contributed by atoms with Crippen LogP contribution in [0.25, 0.3) is 0 Å². The number of aromatic hydroxyl groups is 1. The Morgan fingerprint density at radius 1 is 1.59 bits per heavy atom. The number of amides is 1. The van der Waals surface area contributed by atoms with Crippen molar-refractivity contribution in [2.24, 2.45) is 5.92 Å². The lowest BCUT2D eigenvalue weighted by atomic mass is 10.1. The quantitative estimate of drug-likeness (QED) is 0.822. The second kappa shape index (κ2) is 6.20. The molecular weight excluding hydrogens is 225 g/mol. The van der Waals surface area contributed by atoms with Crippen molar-refractivity contribution in [2.75, 3.05) is 20.3 Å². The highest BCUT2D eigenvalue weighted by molar-refractivity contribution is 5.96. The van der Waals surface area contributed by atoms with E-state index in [0.717, 1.165) is 12.1 Å². The number of carbonyl (C=O) groups excluding carboxylic acids is 1. The monoisotopic (exact) mass is 241 g/mol. The van der Waals surface area contributed by atoms with E-state index >= 15 is 0 Å². The first-order valence-corrected chi connectivity index (χ1v) is 5.30. The highest BCUT2D eigenvalue weighted by Crippen LogP contribution is 2.17. The average molecular weight is 241 g/mol. The van der Waals surface area contributed by atoms with Gasteiger partial charge in [-0.3, -0.25) is 4.79 Å². The molecule has 1 amide bonds. The normalized spacial score (nSPS) is 12.2. The third kappa shape index (κ3) is 4.03. The average Bonchev–Trinajstić information content (AvgIpc) is 2.26. The van der Waals surface area contributed by atoms with Crippen LogP contribution < -0.4 is 5.32 Å². The van der Waals surface area contributed by atoms with E-state index in [-0.39, 0.29) is 17.2 Å². The summed E-state index contributed by atoms with van der Waals surface area (Å²) in [5.74, 6) is -1.19. The topological polar surface area (TPSA) is 58.6 Å². The molecule has 0 heterocycles. The summed E-state index contributed by atoms with van der Waals surface area (Å²) in [6.45, 7) is 2.90. The molecule has 0 bridgehead atoms. The van der Waals surface area contributed by atoms with Crippen LogP contribution in [0.5, 0.6) is 5.75 Å². The van der Waals surface area contributed by atoms with Crippen molar-refractivity contribution in [1.29, 1.82) is 0 Å². The van der Waals surface area contributed by atoms with Crippen LogP contribution in [0.4, 0.5) is 4.39 Å². The minimum atomic E-state index is -0.577.